The number of thiophene rings is 1. The van der Waals surface area contributed by atoms with Gasteiger partial charge < -0.3 is 26.3 Å². The lowest BCUT2D eigenvalue weighted by atomic mass is 9.94. The van der Waals surface area contributed by atoms with E-state index in [-0.39, 0.29) is 11.8 Å². The lowest BCUT2D eigenvalue weighted by molar-refractivity contribution is -0.137. The van der Waals surface area contributed by atoms with Gasteiger partial charge in [-0.2, -0.15) is 0 Å². The van der Waals surface area contributed by atoms with Crippen molar-refractivity contribution in [1.82, 2.24) is 24.8 Å². The van der Waals surface area contributed by atoms with Gasteiger partial charge in [0.1, 0.15) is 22.8 Å². The number of pyridine rings is 1. The molecule has 1 fully saturated rings. The van der Waals surface area contributed by atoms with Gasteiger partial charge in [-0.05, 0) is 51.0 Å². The van der Waals surface area contributed by atoms with Crippen LogP contribution in [0.4, 0.5) is 17.3 Å². The van der Waals surface area contributed by atoms with Crippen molar-refractivity contribution in [2.45, 2.75) is 25.8 Å². The van der Waals surface area contributed by atoms with Gasteiger partial charge in [-0.15, -0.1) is 11.3 Å². The zero-order valence-corrected chi connectivity index (χ0v) is 18.8. The van der Waals surface area contributed by atoms with Crippen molar-refractivity contribution < 1.29 is 4.79 Å². The third kappa shape index (κ3) is 3.80. The van der Waals surface area contributed by atoms with E-state index in [4.69, 9.17) is 11.1 Å². The molecule has 3 aromatic rings. The molecule has 166 valence electrons. The van der Waals surface area contributed by atoms with Crippen molar-refractivity contribution in [2.24, 2.45) is 5.92 Å². The molecule has 0 bridgehead atoms. The Hall–Kier alpha value is -3.11. The van der Waals surface area contributed by atoms with Gasteiger partial charge in [0.05, 0.1) is 23.8 Å². The van der Waals surface area contributed by atoms with Crippen LogP contribution >= 0.6 is 11.3 Å². The molecule has 5 heterocycles. The summed E-state index contributed by atoms with van der Waals surface area (Å²) in [5, 5.41) is 11.8. The fourth-order valence-corrected chi connectivity index (χ4v) is 5.72. The Morgan fingerprint density at radius 3 is 2.88 bits per heavy atom. The Balaban J connectivity index is 1.40. The van der Waals surface area contributed by atoms with Gasteiger partial charge in [0.15, 0.2) is 0 Å². The molecule has 0 unspecified atom stereocenters. The number of nitrogens with zero attached hydrogens (tertiary/aromatic N) is 5. The predicted octanol–water partition coefficient (Wildman–Crippen LogP) is 2.64. The molecule has 0 atom stereocenters. The Bertz CT molecular complexity index is 1180. The number of nitrogen functional groups attached to an aromatic ring is 1. The minimum absolute atomic E-state index is 0.138. The van der Waals surface area contributed by atoms with Gasteiger partial charge in [-0.1, -0.05) is 0 Å². The van der Waals surface area contributed by atoms with Crippen LogP contribution in [0.3, 0.4) is 0 Å². The summed E-state index contributed by atoms with van der Waals surface area (Å²) in [5.41, 5.74) is 8.13. The first kappa shape index (κ1) is 20.8. The third-order valence-electron chi connectivity index (χ3n) is 6.39. The lowest BCUT2D eigenvalue weighted by Gasteiger charge is -2.34. The van der Waals surface area contributed by atoms with Crippen LogP contribution in [0, 0.1) is 11.3 Å². The van der Waals surface area contributed by atoms with E-state index in [1.54, 1.807) is 23.7 Å². The highest BCUT2D eigenvalue weighted by Gasteiger charge is 2.31. The van der Waals surface area contributed by atoms with E-state index >= 15 is 0 Å². The average Bonchev–Trinajstić information content (AvgIpc) is 3.19. The minimum atomic E-state index is 0.138. The van der Waals surface area contributed by atoms with E-state index in [2.05, 4.69) is 32.2 Å². The highest BCUT2D eigenvalue weighted by molar-refractivity contribution is 7.19. The molecule has 0 radical (unpaired) electrons. The number of rotatable bonds is 4. The van der Waals surface area contributed by atoms with Crippen LogP contribution in [-0.2, 0) is 17.8 Å². The summed E-state index contributed by atoms with van der Waals surface area (Å²) < 4.78 is 0. The first-order valence-corrected chi connectivity index (χ1v) is 11.6. The maximum Gasteiger partial charge on any atom is 0.226 e. The van der Waals surface area contributed by atoms with E-state index in [0.717, 1.165) is 49.1 Å². The van der Waals surface area contributed by atoms with Crippen molar-refractivity contribution in [3.05, 3.63) is 34.6 Å². The summed E-state index contributed by atoms with van der Waals surface area (Å²) in [6, 6.07) is 1.73. The number of piperidine rings is 1. The molecule has 0 spiro atoms. The molecule has 32 heavy (non-hydrogen) atoms. The molecule has 2 aliphatic rings. The van der Waals surface area contributed by atoms with Gasteiger partial charge in [0.2, 0.25) is 5.91 Å². The maximum absolute atomic E-state index is 13.1. The monoisotopic (exact) mass is 450 g/mol. The summed E-state index contributed by atoms with van der Waals surface area (Å²) in [5.74, 6) is 1.69. The van der Waals surface area contributed by atoms with Crippen molar-refractivity contribution in [3.63, 3.8) is 0 Å². The molecule has 2 aliphatic heterocycles. The fourth-order valence-electron chi connectivity index (χ4n) is 4.52. The summed E-state index contributed by atoms with van der Waals surface area (Å²) in [7, 11) is 2.11. The SMILES string of the molecule is CN1CCC(C(=O)N2CCc3c(sc4ncnc(Nc5cc(C=N)c(N)cn5)c34)C2)CC1. The molecule has 4 N–H and O–H groups in total. The molecule has 0 saturated carbocycles. The third-order valence-corrected chi connectivity index (χ3v) is 7.51. The van der Waals surface area contributed by atoms with Gasteiger partial charge in [0, 0.05) is 29.1 Å². The first-order chi connectivity index (χ1) is 15.5. The summed E-state index contributed by atoms with van der Waals surface area (Å²) in [6.45, 7) is 3.33. The van der Waals surface area contributed by atoms with E-state index in [0.29, 0.717) is 29.4 Å². The van der Waals surface area contributed by atoms with Crippen LogP contribution in [0.2, 0.25) is 0 Å². The smallest absolute Gasteiger partial charge is 0.226 e. The van der Waals surface area contributed by atoms with Crippen LogP contribution in [0.1, 0.15) is 28.8 Å². The normalized spacial score (nSPS) is 17.3. The number of likely N-dealkylation sites (tertiary alicyclic amines) is 1. The zero-order chi connectivity index (χ0) is 22.2. The largest absolute Gasteiger partial charge is 0.397 e. The number of fused-ring (bicyclic) bond motifs is 3. The standard InChI is InChI=1S/C22H26N8OS/c1-29-5-2-13(3-6-29)22(31)30-7-4-15-17(11-30)32-21-19(15)20(26-12-27-21)28-18-8-14(9-23)16(24)10-25-18/h8-10,12-13,23H,2-7,11,24H2,1H3,(H,25,26,27,28). The lowest BCUT2D eigenvalue weighted by Crippen LogP contribution is -2.43. The number of carbonyl (C=O) groups is 1. The molecular formula is C22H26N8OS. The predicted molar refractivity (Wildman–Crippen MR) is 127 cm³/mol. The maximum atomic E-state index is 13.1. The van der Waals surface area contributed by atoms with E-state index in [1.807, 2.05) is 4.90 Å². The summed E-state index contributed by atoms with van der Waals surface area (Å²) in [4.78, 5) is 32.8. The van der Waals surface area contributed by atoms with Crippen LogP contribution in [-0.4, -0.2) is 63.6 Å². The zero-order valence-electron chi connectivity index (χ0n) is 18.0. The van der Waals surface area contributed by atoms with Crippen molar-refractivity contribution in [2.75, 3.05) is 37.7 Å². The number of nitrogens with two attached hydrogens (primary N) is 1. The second-order valence-corrected chi connectivity index (χ2v) is 9.54. The fraction of sp³-hybridized carbons (Fsp3) is 0.409. The molecule has 0 aromatic carbocycles. The van der Waals surface area contributed by atoms with Crippen LogP contribution in [0.25, 0.3) is 10.2 Å². The molecule has 0 aliphatic carbocycles. The number of aromatic nitrogens is 3. The van der Waals surface area contributed by atoms with Crippen molar-refractivity contribution in [1.29, 1.82) is 5.41 Å². The van der Waals surface area contributed by atoms with Crippen LogP contribution in [0.5, 0.6) is 0 Å². The number of amides is 1. The van der Waals surface area contributed by atoms with Crippen molar-refractivity contribution >= 4 is 51.0 Å². The number of hydrogen-bond donors (Lipinski definition) is 3. The van der Waals surface area contributed by atoms with Gasteiger partial charge >= 0.3 is 0 Å². The van der Waals surface area contributed by atoms with Crippen LogP contribution < -0.4 is 11.1 Å². The van der Waals surface area contributed by atoms with E-state index < -0.39 is 0 Å². The highest BCUT2D eigenvalue weighted by atomic mass is 32.1. The molecular weight excluding hydrogens is 424 g/mol. The Labute approximate surface area is 190 Å². The van der Waals surface area contributed by atoms with Gasteiger partial charge in [0.25, 0.3) is 0 Å². The van der Waals surface area contributed by atoms with Gasteiger partial charge in [-0.3, -0.25) is 4.79 Å². The minimum Gasteiger partial charge on any atom is -0.397 e. The van der Waals surface area contributed by atoms with E-state index in [1.165, 1.54) is 22.9 Å². The Morgan fingerprint density at radius 2 is 2.09 bits per heavy atom. The number of hydrogen-bond acceptors (Lipinski definition) is 9. The summed E-state index contributed by atoms with van der Waals surface area (Å²) in [6.07, 6.45) is 6.96. The quantitative estimate of drug-likeness (QED) is 0.522. The van der Waals surface area contributed by atoms with Crippen LogP contribution in [0.15, 0.2) is 18.6 Å². The average molecular weight is 451 g/mol. The molecule has 1 amide bonds. The molecule has 1 saturated heterocycles. The topological polar surface area (TPSA) is 124 Å². The van der Waals surface area contributed by atoms with Crippen molar-refractivity contribution in [3.8, 4) is 0 Å². The molecule has 9 nitrogen and oxygen atoms in total. The highest BCUT2D eigenvalue weighted by Crippen LogP contribution is 2.38. The molecule has 3 aromatic heterocycles. The van der Waals surface area contributed by atoms with E-state index in [9.17, 15) is 4.79 Å². The molecule has 10 heteroatoms. The number of anilines is 3. The number of carbonyl (C=O) groups excluding carboxylic acids is 1. The summed E-state index contributed by atoms with van der Waals surface area (Å²) >= 11 is 1.63. The Morgan fingerprint density at radius 1 is 1.28 bits per heavy atom. The second kappa shape index (κ2) is 8.44. The molecule has 5 rings (SSSR count). The second-order valence-electron chi connectivity index (χ2n) is 8.46. The van der Waals surface area contributed by atoms with Gasteiger partial charge in [-0.25, -0.2) is 15.0 Å². The first-order valence-electron chi connectivity index (χ1n) is 10.8. The Kier molecular flexibility index (Phi) is 5.48. The number of nitrogens with one attached hydrogen (secondary N) is 2.